The zero-order valence-corrected chi connectivity index (χ0v) is 11.8. The summed E-state index contributed by atoms with van der Waals surface area (Å²) in [6.07, 6.45) is 4.18. The molecule has 3 heteroatoms. The minimum Gasteiger partial charge on any atom is -0.439 e. The number of benzene rings is 1. The van der Waals surface area contributed by atoms with Crippen LogP contribution in [0, 0.1) is 20.8 Å². The molecular formula is C16H20N2O. The molecule has 0 radical (unpaired) electrons. The first-order valence-corrected chi connectivity index (χ1v) is 6.92. The van der Waals surface area contributed by atoms with Crippen LogP contribution in [0.25, 0.3) is 11.3 Å². The van der Waals surface area contributed by atoms with Gasteiger partial charge in [0.1, 0.15) is 0 Å². The Balaban J connectivity index is 1.98. The first-order chi connectivity index (χ1) is 9.15. The van der Waals surface area contributed by atoms with Crippen LogP contribution >= 0.6 is 0 Å². The highest BCUT2D eigenvalue weighted by atomic mass is 16.4. The molecular weight excluding hydrogens is 236 g/mol. The monoisotopic (exact) mass is 256 g/mol. The van der Waals surface area contributed by atoms with E-state index in [1.165, 1.54) is 28.7 Å². The third-order valence-electron chi connectivity index (χ3n) is 3.81. The summed E-state index contributed by atoms with van der Waals surface area (Å²) in [6, 6.07) is 4.68. The minimum atomic E-state index is 0.291. The van der Waals surface area contributed by atoms with Gasteiger partial charge in [-0.05, 0) is 51.3 Å². The van der Waals surface area contributed by atoms with E-state index >= 15 is 0 Å². The fourth-order valence-electron chi connectivity index (χ4n) is 3.03. The fourth-order valence-corrected chi connectivity index (χ4v) is 3.03. The van der Waals surface area contributed by atoms with Gasteiger partial charge in [-0.25, -0.2) is 4.98 Å². The lowest BCUT2D eigenvalue weighted by Gasteiger charge is -2.09. The minimum absolute atomic E-state index is 0.291. The maximum atomic E-state index is 5.98. The summed E-state index contributed by atoms with van der Waals surface area (Å²) in [5, 5.41) is 3.42. The molecule has 19 heavy (non-hydrogen) atoms. The molecule has 1 aromatic carbocycles. The molecule has 3 rings (SSSR count). The maximum Gasteiger partial charge on any atom is 0.212 e. The average Bonchev–Trinajstić information content (AvgIpc) is 2.97. The molecule has 0 aliphatic carbocycles. The van der Waals surface area contributed by atoms with E-state index in [1.807, 2.05) is 6.20 Å². The van der Waals surface area contributed by atoms with Crippen molar-refractivity contribution in [3.05, 3.63) is 40.9 Å². The molecule has 0 amide bonds. The number of hydrogen-bond donors (Lipinski definition) is 1. The third kappa shape index (κ3) is 2.30. The Bertz CT molecular complexity index is 572. The second kappa shape index (κ2) is 4.82. The van der Waals surface area contributed by atoms with Crippen LogP contribution in [0.5, 0.6) is 0 Å². The van der Waals surface area contributed by atoms with Gasteiger partial charge in [0.15, 0.2) is 5.76 Å². The molecule has 1 fully saturated rings. The van der Waals surface area contributed by atoms with Crippen molar-refractivity contribution in [3.63, 3.8) is 0 Å². The highest BCUT2D eigenvalue weighted by Crippen LogP contribution is 2.31. The van der Waals surface area contributed by atoms with Crippen LogP contribution in [0.3, 0.4) is 0 Å². The predicted molar refractivity (Wildman–Crippen MR) is 76.1 cm³/mol. The predicted octanol–water partition coefficient (Wildman–Crippen LogP) is 3.69. The Morgan fingerprint density at radius 2 is 1.95 bits per heavy atom. The van der Waals surface area contributed by atoms with Crippen LogP contribution in [0.1, 0.15) is 41.5 Å². The van der Waals surface area contributed by atoms with Crippen molar-refractivity contribution in [2.24, 2.45) is 0 Å². The zero-order chi connectivity index (χ0) is 13.4. The number of aromatic nitrogens is 1. The van der Waals surface area contributed by atoms with Gasteiger partial charge < -0.3 is 9.73 Å². The van der Waals surface area contributed by atoms with E-state index in [-0.39, 0.29) is 0 Å². The van der Waals surface area contributed by atoms with Crippen LogP contribution in [0.2, 0.25) is 0 Å². The number of hydrogen-bond acceptors (Lipinski definition) is 3. The van der Waals surface area contributed by atoms with Crippen molar-refractivity contribution in [3.8, 4) is 11.3 Å². The summed E-state index contributed by atoms with van der Waals surface area (Å²) < 4.78 is 5.98. The molecule has 1 aliphatic rings. The summed E-state index contributed by atoms with van der Waals surface area (Å²) in [6.45, 7) is 7.44. The van der Waals surface area contributed by atoms with E-state index in [9.17, 15) is 0 Å². The lowest BCUT2D eigenvalue weighted by Crippen LogP contribution is -2.12. The quantitative estimate of drug-likeness (QED) is 0.890. The summed E-state index contributed by atoms with van der Waals surface area (Å²) in [5.41, 5.74) is 4.97. The lowest BCUT2D eigenvalue weighted by atomic mass is 9.98. The summed E-state index contributed by atoms with van der Waals surface area (Å²) >= 11 is 0. The van der Waals surface area contributed by atoms with Gasteiger partial charge >= 0.3 is 0 Å². The van der Waals surface area contributed by atoms with Crippen molar-refractivity contribution in [2.45, 2.75) is 39.7 Å². The molecule has 1 saturated heterocycles. The number of nitrogens with zero attached hydrogens (tertiary/aromatic N) is 1. The van der Waals surface area contributed by atoms with Crippen LogP contribution < -0.4 is 5.32 Å². The first kappa shape index (κ1) is 12.4. The van der Waals surface area contributed by atoms with Gasteiger partial charge in [-0.2, -0.15) is 0 Å². The molecule has 1 unspecified atom stereocenters. The third-order valence-corrected chi connectivity index (χ3v) is 3.81. The van der Waals surface area contributed by atoms with E-state index in [4.69, 9.17) is 4.42 Å². The van der Waals surface area contributed by atoms with Gasteiger partial charge in [0, 0.05) is 5.56 Å². The van der Waals surface area contributed by atoms with E-state index in [0.29, 0.717) is 6.04 Å². The summed E-state index contributed by atoms with van der Waals surface area (Å²) in [7, 11) is 0. The Hall–Kier alpha value is -1.61. The molecule has 1 aliphatic heterocycles. The Morgan fingerprint density at radius 3 is 2.58 bits per heavy atom. The molecule has 1 atom stereocenters. The second-order valence-corrected chi connectivity index (χ2v) is 5.49. The van der Waals surface area contributed by atoms with Gasteiger partial charge in [-0.15, -0.1) is 0 Å². The van der Waals surface area contributed by atoms with Gasteiger partial charge in [0.2, 0.25) is 5.89 Å². The van der Waals surface area contributed by atoms with Crippen LogP contribution in [-0.2, 0) is 0 Å². The van der Waals surface area contributed by atoms with Crippen molar-refractivity contribution in [1.29, 1.82) is 0 Å². The smallest absolute Gasteiger partial charge is 0.212 e. The topological polar surface area (TPSA) is 38.1 Å². The molecule has 0 bridgehead atoms. The standard InChI is InChI=1S/C16H20N2O/c1-10-7-11(2)15(12(3)8-10)14-9-18-16(19-14)13-5-4-6-17-13/h7-9,13,17H,4-6H2,1-3H3. The largest absolute Gasteiger partial charge is 0.439 e. The average molecular weight is 256 g/mol. The van der Waals surface area contributed by atoms with E-state index < -0.39 is 0 Å². The van der Waals surface area contributed by atoms with Crippen molar-refractivity contribution >= 4 is 0 Å². The van der Waals surface area contributed by atoms with Gasteiger partial charge in [-0.1, -0.05) is 17.7 Å². The van der Waals surface area contributed by atoms with Crippen LogP contribution in [0.15, 0.2) is 22.7 Å². The van der Waals surface area contributed by atoms with Crippen molar-refractivity contribution < 1.29 is 4.42 Å². The van der Waals surface area contributed by atoms with Gasteiger partial charge in [-0.3, -0.25) is 0 Å². The van der Waals surface area contributed by atoms with E-state index in [1.54, 1.807) is 0 Å². The van der Waals surface area contributed by atoms with Crippen LogP contribution in [-0.4, -0.2) is 11.5 Å². The molecule has 2 aromatic rings. The molecule has 1 N–H and O–H groups in total. The number of oxazole rings is 1. The Morgan fingerprint density at radius 1 is 1.21 bits per heavy atom. The Labute approximate surface area is 114 Å². The highest BCUT2D eigenvalue weighted by molar-refractivity contribution is 5.66. The van der Waals surface area contributed by atoms with Gasteiger partial charge in [0.05, 0.1) is 12.2 Å². The molecule has 0 saturated carbocycles. The molecule has 1 aromatic heterocycles. The Kier molecular flexibility index (Phi) is 3.15. The van der Waals surface area contributed by atoms with E-state index in [2.05, 4.69) is 43.2 Å². The molecule has 3 nitrogen and oxygen atoms in total. The molecule has 100 valence electrons. The van der Waals surface area contributed by atoms with Crippen molar-refractivity contribution in [1.82, 2.24) is 10.3 Å². The summed E-state index contributed by atoms with van der Waals surface area (Å²) in [4.78, 5) is 4.45. The number of nitrogens with one attached hydrogen (secondary N) is 1. The second-order valence-electron chi connectivity index (χ2n) is 5.49. The van der Waals surface area contributed by atoms with Crippen LogP contribution in [0.4, 0.5) is 0 Å². The lowest BCUT2D eigenvalue weighted by molar-refractivity contribution is 0.437. The highest BCUT2D eigenvalue weighted by Gasteiger charge is 2.22. The molecule has 0 spiro atoms. The number of aryl methyl sites for hydroxylation is 3. The first-order valence-electron chi connectivity index (χ1n) is 6.92. The zero-order valence-electron chi connectivity index (χ0n) is 11.8. The van der Waals surface area contributed by atoms with Crippen molar-refractivity contribution in [2.75, 3.05) is 6.54 Å². The van der Waals surface area contributed by atoms with Gasteiger partial charge in [0.25, 0.3) is 0 Å². The number of rotatable bonds is 2. The summed E-state index contributed by atoms with van der Waals surface area (Å²) in [5.74, 6) is 1.71. The maximum absolute atomic E-state index is 5.98. The fraction of sp³-hybridized carbons (Fsp3) is 0.438. The SMILES string of the molecule is Cc1cc(C)c(-c2cnc(C3CCCN3)o2)c(C)c1. The normalized spacial score (nSPS) is 19.0. The van der Waals surface area contributed by atoms with E-state index in [0.717, 1.165) is 24.6 Å². The molecule has 2 heterocycles.